The van der Waals surface area contributed by atoms with E-state index in [1.54, 1.807) is 0 Å². The minimum atomic E-state index is -0.260. The van der Waals surface area contributed by atoms with Gasteiger partial charge in [-0.3, -0.25) is 0 Å². The highest BCUT2D eigenvalue weighted by molar-refractivity contribution is 5.91. The molecule has 0 spiro atoms. The van der Waals surface area contributed by atoms with E-state index >= 15 is 0 Å². The van der Waals surface area contributed by atoms with Gasteiger partial charge in [0.1, 0.15) is 6.07 Å². The first kappa shape index (κ1) is 17.6. The standard InChI is InChI=1S/C23H24N2O2/c1-14-8-15(2)18(23(26)27-3)9-17(14)10-19-20-12-25(13-21(19)20)22-7-5-4-6-16(22)11-24/h4-9,19-21H,10,12-13H2,1-3H3. The van der Waals surface area contributed by atoms with E-state index in [9.17, 15) is 10.1 Å². The molecule has 4 rings (SSSR count). The van der Waals surface area contributed by atoms with Crippen LogP contribution >= 0.6 is 0 Å². The molecule has 0 N–H and O–H groups in total. The van der Waals surface area contributed by atoms with Crippen LogP contribution in [0.15, 0.2) is 36.4 Å². The fourth-order valence-electron chi connectivity index (χ4n) is 4.69. The maximum absolute atomic E-state index is 12.0. The third kappa shape index (κ3) is 3.08. The van der Waals surface area contributed by atoms with Gasteiger partial charge in [-0.15, -0.1) is 0 Å². The van der Waals surface area contributed by atoms with Crippen molar-refractivity contribution in [2.75, 3.05) is 25.1 Å². The molecule has 1 saturated heterocycles. The molecular formula is C23H24N2O2. The van der Waals surface area contributed by atoms with Crippen LogP contribution in [-0.4, -0.2) is 26.2 Å². The first-order chi connectivity index (χ1) is 13.0. The predicted molar refractivity (Wildman–Crippen MR) is 105 cm³/mol. The molecule has 2 aromatic rings. The molecule has 2 fully saturated rings. The van der Waals surface area contributed by atoms with Crippen LogP contribution in [0.25, 0.3) is 0 Å². The second-order valence-electron chi connectivity index (χ2n) is 7.81. The number of methoxy groups -OCH3 is 1. The predicted octanol–water partition coefficient (Wildman–Crippen LogP) is 3.89. The van der Waals surface area contributed by atoms with Gasteiger partial charge in [-0.1, -0.05) is 18.2 Å². The van der Waals surface area contributed by atoms with Crippen LogP contribution in [0, 0.1) is 42.9 Å². The number of carbonyl (C=O) groups is 1. The van der Waals surface area contributed by atoms with Crippen LogP contribution in [0.5, 0.6) is 0 Å². The van der Waals surface area contributed by atoms with Gasteiger partial charge in [-0.2, -0.15) is 5.26 Å². The number of hydrogen-bond donors (Lipinski definition) is 0. The number of anilines is 1. The highest BCUT2D eigenvalue weighted by Gasteiger charge is 2.55. The van der Waals surface area contributed by atoms with E-state index in [0.29, 0.717) is 23.3 Å². The molecule has 1 aliphatic carbocycles. The van der Waals surface area contributed by atoms with E-state index in [2.05, 4.69) is 24.0 Å². The smallest absolute Gasteiger partial charge is 0.338 e. The number of nitrogens with zero attached hydrogens (tertiary/aromatic N) is 2. The molecule has 138 valence electrons. The number of rotatable bonds is 4. The molecular weight excluding hydrogens is 336 g/mol. The van der Waals surface area contributed by atoms with Crippen LogP contribution in [0.1, 0.15) is 32.6 Å². The minimum absolute atomic E-state index is 0.260. The molecule has 0 bridgehead atoms. The Bertz CT molecular complexity index is 932. The Labute approximate surface area is 160 Å². The number of fused-ring (bicyclic) bond motifs is 1. The number of para-hydroxylation sites is 1. The number of benzene rings is 2. The molecule has 2 unspecified atom stereocenters. The summed E-state index contributed by atoms with van der Waals surface area (Å²) in [6.45, 7) is 6.11. The van der Waals surface area contributed by atoms with Crippen molar-refractivity contribution in [1.29, 1.82) is 5.26 Å². The van der Waals surface area contributed by atoms with Gasteiger partial charge in [0.2, 0.25) is 0 Å². The van der Waals surface area contributed by atoms with E-state index in [-0.39, 0.29) is 5.97 Å². The third-order valence-corrected chi connectivity index (χ3v) is 6.28. The third-order valence-electron chi connectivity index (χ3n) is 6.28. The van der Waals surface area contributed by atoms with Crippen molar-refractivity contribution in [3.05, 3.63) is 64.2 Å². The van der Waals surface area contributed by atoms with Crippen molar-refractivity contribution in [3.8, 4) is 6.07 Å². The Morgan fingerprint density at radius 1 is 1.19 bits per heavy atom. The lowest BCUT2D eigenvalue weighted by molar-refractivity contribution is 0.0600. The summed E-state index contributed by atoms with van der Waals surface area (Å²) in [6.07, 6.45) is 1.01. The van der Waals surface area contributed by atoms with Crippen LogP contribution in [-0.2, 0) is 11.2 Å². The zero-order valence-corrected chi connectivity index (χ0v) is 16.0. The normalized spacial score (nSPS) is 22.9. The van der Waals surface area contributed by atoms with Gasteiger partial charge in [0.05, 0.1) is 23.9 Å². The Kier molecular flexibility index (Phi) is 4.39. The van der Waals surface area contributed by atoms with Crippen molar-refractivity contribution in [1.82, 2.24) is 0 Å². The van der Waals surface area contributed by atoms with Gasteiger partial charge < -0.3 is 9.64 Å². The van der Waals surface area contributed by atoms with Gasteiger partial charge in [-0.05, 0) is 72.9 Å². The lowest BCUT2D eigenvalue weighted by atomic mass is 9.95. The van der Waals surface area contributed by atoms with Gasteiger partial charge in [-0.25, -0.2) is 4.79 Å². The summed E-state index contributed by atoms with van der Waals surface area (Å²) in [6, 6.07) is 14.3. The second kappa shape index (κ2) is 6.74. The Morgan fingerprint density at radius 2 is 1.89 bits per heavy atom. The molecule has 4 heteroatoms. The second-order valence-corrected chi connectivity index (χ2v) is 7.81. The molecule has 0 amide bonds. The summed E-state index contributed by atoms with van der Waals surface area (Å²) in [5.74, 6) is 1.77. The van der Waals surface area contributed by atoms with Crippen LogP contribution in [0.3, 0.4) is 0 Å². The molecule has 2 aromatic carbocycles. The zero-order valence-electron chi connectivity index (χ0n) is 16.0. The summed E-state index contributed by atoms with van der Waals surface area (Å²) < 4.78 is 4.92. The van der Waals surface area contributed by atoms with Gasteiger partial charge in [0.15, 0.2) is 0 Å². The average Bonchev–Trinajstić information content (AvgIpc) is 3.11. The fraction of sp³-hybridized carbons (Fsp3) is 0.391. The number of aryl methyl sites for hydroxylation is 2. The van der Waals surface area contributed by atoms with E-state index in [0.717, 1.165) is 36.3 Å². The summed E-state index contributed by atoms with van der Waals surface area (Å²) in [5.41, 5.74) is 5.96. The monoisotopic (exact) mass is 360 g/mol. The number of carbonyl (C=O) groups excluding carboxylic acids is 1. The Morgan fingerprint density at radius 3 is 2.56 bits per heavy atom. The Hall–Kier alpha value is -2.80. The fourth-order valence-corrected chi connectivity index (χ4v) is 4.69. The molecule has 4 nitrogen and oxygen atoms in total. The quantitative estimate of drug-likeness (QED) is 0.776. The number of ether oxygens (including phenoxy) is 1. The summed E-state index contributed by atoms with van der Waals surface area (Å²) >= 11 is 0. The summed E-state index contributed by atoms with van der Waals surface area (Å²) in [7, 11) is 1.43. The van der Waals surface area contributed by atoms with Crippen molar-refractivity contribution in [3.63, 3.8) is 0 Å². The van der Waals surface area contributed by atoms with Crippen molar-refractivity contribution in [2.24, 2.45) is 17.8 Å². The summed E-state index contributed by atoms with van der Waals surface area (Å²) in [4.78, 5) is 14.4. The van der Waals surface area contributed by atoms with E-state index in [4.69, 9.17) is 4.74 Å². The van der Waals surface area contributed by atoms with Crippen molar-refractivity contribution >= 4 is 11.7 Å². The van der Waals surface area contributed by atoms with Crippen LogP contribution < -0.4 is 4.90 Å². The lowest BCUT2D eigenvalue weighted by Gasteiger charge is -2.23. The highest BCUT2D eigenvalue weighted by Crippen LogP contribution is 2.54. The number of esters is 1. The SMILES string of the molecule is COC(=O)c1cc(CC2C3CN(c4ccccc4C#N)CC23)c(C)cc1C. The average molecular weight is 360 g/mol. The van der Waals surface area contributed by atoms with Crippen LogP contribution in [0.4, 0.5) is 5.69 Å². The van der Waals surface area contributed by atoms with E-state index < -0.39 is 0 Å². The van der Waals surface area contributed by atoms with Crippen molar-refractivity contribution in [2.45, 2.75) is 20.3 Å². The van der Waals surface area contributed by atoms with E-state index in [1.165, 1.54) is 18.2 Å². The number of nitriles is 1. The first-order valence-corrected chi connectivity index (χ1v) is 9.46. The summed E-state index contributed by atoms with van der Waals surface area (Å²) in [5, 5.41) is 9.33. The zero-order chi connectivity index (χ0) is 19.1. The molecule has 1 heterocycles. The molecule has 1 saturated carbocycles. The molecule has 2 aliphatic rings. The highest BCUT2D eigenvalue weighted by atomic mass is 16.5. The first-order valence-electron chi connectivity index (χ1n) is 9.46. The van der Waals surface area contributed by atoms with Crippen molar-refractivity contribution < 1.29 is 9.53 Å². The maximum Gasteiger partial charge on any atom is 0.338 e. The largest absolute Gasteiger partial charge is 0.465 e. The maximum atomic E-state index is 12.0. The molecule has 0 radical (unpaired) electrons. The van der Waals surface area contributed by atoms with E-state index in [1.807, 2.05) is 37.3 Å². The van der Waals surface area contributed by atoms with Gasteiger partial charge >= 0.3 is 5.97 Å². The minimum Gasteiger partial charge on any atom is -0.465 e. The Balaban J connectivity index is 1.46. The van der Waals surface area contributed by atoms with Gasteiger partial charge in [0.25, 0.3) is 0 Å². The number of piperidine rings is 1. The topological polar surface area (TPSA) is 53.3 Å². The molecule has 2 atom stereocenters. The van der Waals surface area contributed by atoms with Crippen LogP contribution in [0.2, 0.25) is 0 Å². The number of hydrogen-bond acceptors (Lipinski definition) is 4. The molecule has 1 aliphatic heterocycles. The molecule has 27 heavy (non-hydrogen) atoms. The lowest BCUT2D eigenvalue weighted by Crippen LogP contribution is -2.25. The molecule has 0 aromatic heterocycles. The van der Waals surface area contributed by atoms with Gasteiger partial charge in [0, 0.05) is 13.1 Å².